The molecule has 0 spiro atoms. The van der Waals surface area contributed by atoms with Crippen molar-refractivity contribution in [2.24, 2.45) is 5.92 Å². The molecule has 0 saturated heterocycles. The summed E-state index contributed by atoms with van der Waals surface area (Å²) in [6.07, 6.45) is 0. The number of anilines is 1. The molecule has 0 bridgehead atoms. The SMILES string of the molecule is CCOc1ccc(S(=O)(=O)N(CC(=O)N(Cc2ccccc2Cl)C(C)C(=O)NCC(C)C)c2ccccc2)cc1. The minimum absolute atomic E-state index is 0.00739. The third-order valence-electron chi connectivity index (χ3n) is 6.20. The molecule has 3 aromatic rings. The van der Waals surface area contributed by atoms with Gasteiger partial charge in [0.05, 0.1) is 17.2 Å². The highest BCUT2D eigenvalue weighted by atomic mass is 35.5. The first-order valence-corrected chi connectivity index (χ1v) is 15.0. The molecule has 40 heavy (non-hydrogen) atoms. The number of carbonyl (C=O) groups is 2. The van der Waals surface area contributed by atoms with Gasteiger partial charge in [0.2, 0.25) is 11.8 Å². The topological polar surface area (TPSA) is 96.0 Å². The molecular weight excluding hydrogens is 550 g/mol. The minimum atomic E-state index is -4.16. The normalized spacial score (nSPS) is 12.1. The van der Waals surface area contributed by atoms with Gasteiger partial charge >= 0.3 is 0 Å². The largest absolute Gasteiger partial charge is 0.494 e. The summed E-state index contributed by atoms with van der Waals surface area (Å²) in [6, 6.07) is 20.6. The number of halogens is 1. The second-order valence-electron chi connectivity index (χ2n) is 9.68. The summed E-state index contributed by atoms with van der Waals surface area (Å²) in [6.45, 7) is 7.80. The first kappa shape index (κ1) is 31.0. The molecule has 0 radical (unpaired) electrons. The van der Waals surface area contributed by atoms with Gasteiger partial charge in [0.25, 0.3) is 10.0 Å². The standard InChI is InChI=1S/C30H36ClN3O5S/c1-5-39-26-15-17-27(18-16-26)40(37,38)34(25-12-7-6-8-13-25)21-29(35)33(20-24-11-9-10-14-28(24)31)23(4)30(36)32-19-22(2)3/h6-18,22-23H,5,19-21H2,1-4H3,(H,32,36). The molecule has 0 saturated carbocycles. The zero-order valence-corrected chi connectivity index (χ0v) is 24.8. The molecule has 1 N–H and O–H groups in total. The number of carbonyl (C=O) groups excluding carboxylic acids is 2. The number of amides is 2. The lowest BCUT2D eigenvalue weighted by Gasteiger charge is -2.32. The summed E-state index contributed by atoms with van der Waals surface area (Å²) in [4.78, 5) is 28.3. The number of hydrogen-bond acceptors (Lipinski definition) is 5. The first-order valence-electron chi connectivity index (χ1n) is 13.2. The van der Waals surface area contributed by atoms with Gasteiger partial charge in [0.1, 0.15) is 18.3 Å². The van der Waals surface area contributed by atoms with Crippen LogP contribution in [0.15, 0.2) is 83.8 Å². The lowest BCUT2D eigenvalue weighted by Crippen LogP contribution is -2.51. The first-order chi connectivity index (χ1) is 19.0. The summed E-state index contributed by atoms with van der Waals surface area (Å²) in [5.74, 6) is -0.132. The Morgan fingerprint density at radius 1 is 0.925 bits per heavy atom. The van der Waals surface area contributed by atoms with Crippen LogP contribution >= 0.6 is 11.6 Å². The summed E-state index contributed by atoms with van der Waals surface area (Å²) < 4.78 is 34.2. The summed E-state index contributed by atoms with van der Waals surface area (Å²) in [7, 11) is -4.16. The van der Waals surface area contributed by atoms with E-state index in [1.165, 1.54) is 17.0 Å². The van der Waals surface area contributed by atoms with Crippen molar-refractivity contribution in [1.82, 2.24) is 10.2 Å². The van der Waals surface area contributed by atoms with E-state index in [1.807, 2.05) is 20.8 Å². The van der Waals surface area contributed by atoms with E-state index in [1.54, 1.807) is 73.7 Å². The van der Waals surface area contributed by atoms with Crippen LogP contribution in [0.4, 0.5) is 5.69 Å². The zero-order valence-electron chi connectivity index (χ0n) is 23.2. The number of rotatable bonds is 13. The quantitative estimate of drug-likeness (QED) is 0.300. The molecule has 1 atom stereocenters. The lowest BCUT2D eigenvalue weighted by molar-refractivity contribution is -0.139. The molecular formula is C30H36ClN3O5S. The van der Waals surface area contributed by atoms with Crippen LogP contribution in [0.25, 0.3) is 0 Å². The van der Waals surface area contributed by atoms with Crippen molar-refractivity contribution >= 4 is 39.1 Å². The van der Waals surface area contributed by atoms with Crippen LogP contribution in [0.2, 0.25) is 5.02 Å². The molecule has 214 valence electrons. The number of benzene rings is 3. The fourth-order valence-corrected chi connectivity index (χ4v) is 5.58. The maximum absolute atomic E-state index is 13.9. The molecule has 0 fully saturated rings. The Balaban J connectivity index is 1.99. The monoisotopic (exact) mass is 585 g/mol. The van der Waals surface area contributed by atoms with Gasteiger partial charge in [-0.3, -0.25) is 13.9 Å². The molecule has 10 heteroatoms. The van der Waals surface area contributed by atoms with Gasteiger partial charge in [-0.15, -0.1) is 0 Å². The van der Waals surface area contributed by atoms with Crippen molar-refractivity contribution in [2.45, 2.75) is 45.2 Å². The Hall–Kier alpha value is -3.56. The van der Waals surface area contributed by atoms with Gasteiger partial charge in [-0.1, -0.05) is 61.8 Å². The van der Waals surface area contributed by atoms with Gasteiger partial charge in [-0.25, -0.2) is 8.42 Å². The van der Waals surface area contributed by atoms with E-state index in [0.29, 0.717) is 35.2 Å². The fraction of sp³-hybridized carbons (Fsp3) is 0.333. The minimum Gasteiger partial charge on any atom is -0.494 e. The summed E-state index contributed by atoms with van der Waals surface area (Å²) in [5, 5.41) is 3.31. The van der Waals surface area contributed by atoms with Crippen LogP contribution in [0.1, 0.15) is 33.3 Å². The van der Waals surface area contributed by atoms with Crippen LogP contribution in [0.5, 0.6) is 5.75 Å². The predicted molar refractivity (Wildman–Crippen MR) is 158 cm³/mol. The van der Waals surface area contributed by atoms with E-state index in [-0.39, 0.29) is 23.3 Å². The average Bonchev–Trinajstić information content (AvgIpc) is 2.94. The second kappa shape index (κ2) is 14.2. The van der Waals surface area contributed by atoms with Crippen molar-refractivity contribution in [3.63, 3.8) is 0 Å². The molecule has 0 heterocycles. The third kappa shape index (κ3) is 7.99. The Morgan fingerprint density at radius 3 is 2.15 bits per heavy atom. The van der Waals surface area contributed by atoms with Crippen molar-refractivity contribution in [1.29, 1.82) is 0 Å². The predicted octanol–water partition coefficient (Wildman–Crippen LogP) is 5.12. The highest BCUT2D eigenvalue weighted by Crippen LogP contribution is 2.26. The molecule has 1 unspecified atom stereocenters. The maximum Gasteiger partial charge on any atom is 0.264 e. The zero-order chi connectivity index (χ0) is 29.3. The van der Waals surface area contributed by atoms with Crippen molar-refractivity contribution in [2.75, 3.05) is 24.0 Å². The molecule has 0 aliphatic carbocycles. The molecule has 3 rings (SSSR count). The number of nitrogens with one attached hydrogen (secondary N) is 1. The van der Waals surface area contributed by atoms with E-state index in [2.05, 4.69) is 5.32 Å². The Morgan fingerprint density at radius 2 is 1.55 bits per heavy atom. The van der Waals surface area contributed by atoms with Crippen LogP contribution in [0.3, 0.4) is 0 Å². The second-order valence-corrected chi connectivity index (χ2v) is 11.9. The van der Waals surface area contributed by atoms with Gasteiger partial charge in [0.15, 0.2) is 0 Å². The van der Waals surface area contributed by atoms with E-state index >= 15 is 0 Å². The van der Waals surface area contributed by atoms with Crippen LogP contribution < -0.4 is 14.4 Å². The Bertz CT molecular complexity index is 1380. The summed E-state index contributed by atoms with van der Waals surface area (Å²) >= 11 is 6.39. The number of hydrogen-bond donors (Lipinski definition) is 1. The van der Waals surface area contributed by atoms with E-state index in [4.69, 9.17) is 16.3 Å². The smallest absolute Gasteiger partial charge is 0.264 e. The number of sulfonamides is 1. The van der Waals surface area contributed by atoms with Gasteiger partial charge < -0.3 is 15.0 Å². The van der Waals surface area contributed by atoms with Crippen molar-refractivity contribution in [3.8, 4) is 5.75 Å². The molecule has 0 aromatic heterocycles. The van der Waals surface area contributed by atoms with Crippen molar-refractivity contribution in [3.05, 3.63) is 89.4 Å². The van der Waals surface area contributed by atoms with Gasteiger partial charge in [-0.05, 0) is 67.8 Å². The fourth-order valence-electron chi connectivity index (χ4n) is 3.97. The number of nitrogens with zero attached hydrogens (tertiary/aromatic N) is 2. The maximum atomic E-state index is 13.9. The van der Waals surface area contributed by atoms with E-state index < -0.39 is 28.5 Å². The van der Waals surface area contributed by atoms with Crippen molar-refractivity contribution < 1.29 is 22.7 Å². The van der Waals surface area contributed by atoms with Crippen LogP contribution in [0, 0.1) is 5.92 Å². The van der Waals surface area contributed by atoms with Crippen LogP contribution in [-0.2, 0) is 26.2 Å². The number of para-hydroxylation sites is 1. The van der Waals surface area contributed by atoms with Gasteiger partial charge in [-0.2, -0.15) is 0 Å². The van der Waals surface area contributed by atoms with E-state index in [0.717, 1.165) is 4.31 Å². The molecule has 3 aromatic carbocycles. The molecule has 2 amide bonds. The van der Waals surface area contributed by atoms with E-state index in [9.17, 15) is 18.0 Å². The molecule has 0 aliphatic heterocycles. The third-order valence-corrected chi connectivity index (χ3v) is 8.35. The number of ether oxygens (including phenoxy) is 1. The Kier molecular flexibility index (Phi) is 11.0. The molecule has 0 aliphatic rings. The van der Waals surface area contributed by atoms with Crippen LogP contribution in [-0.4, -0.2) is 50.9 Å². The van der Waals surface area contributed by atoms with Gasteiger partial charge in [0, 0.05) is 18.1 Å². The lowest BCUT2D eigenvalue weighted by atomic mass is 10.1. The molecule has 8 nitrogen and oxygen atoms in total. The summed E-state index contributed by atoms with van der Waals surface area (Å²) in [5.41, 5.74) is 0.959. The Labute approximate surface area is 241 Å². The highest BCUT2D eigenvalue weighted by Gasteiger charge is 2.32. The highest BCUT2D eigenvalue weighted by molar-refractivity contribution is 7.92. The average molecular weight is 586 g/mol.